The molecule has 3 rings (SSSR count). The summed E-state index contributed by atoms with van der Waals surface area (Å²) in [6.45, 7) is 2.42. The third-order valence-corrected chi connectivity index (χ3v) is 3.27. The minimum absolute atomic E-state index is 0.0375. The number of aliphatic hydroxyl groups excluding tert-OH is 1. The van der Waals surface area contributed by atoms with E-state index in [2.05, 4.69) is 10.3 Å². The van der Waals surface area contributed by atoms with Crippen LogP contribution in [0.5, 0.6) is 0 Å². The van der Waals surface area contributed by atoms with E-state index in [0.717, 1.165) is 22.2 Å². The highest BCUT2D eigenvalue weighted by Crippen LogP contribution is 2.19. The summed E-state index contributed by atoms with van der Waals surface area (Å²) >= 11 is 0. The van der Waals surface area contributed by atoms with Crippen molar-refractivity contribution in [1.29, 1.82) is 0 Å². The predicted molar refractivity (Wildman–Crippen MR) is 77.1 cm³/mol. The van der Waals surface area contributed by atoms with E-state index in [1.807, 2.05) is 25.1 Å². The van der Waals surface area contributed by atoms with Crippen LogP contribution in [0.3, 0.4) is 0 Å². The lowest BCUT2D eigenvalue weighted by Crippen LogP contribution is -2.06. The first-order valence-electron chi connectivity index (χ1n) is 6.69. The molecule has 0 aliphatic rings. The first-order valence-corrected chi connectivity index (χ1v) is 6.69. The molecule has 0 aliphatic heterocycles. The topological polar surface area (TPSA) is 81.1 Å². The van der Waals surface area contributed by atoms with Crippen molar-refractivity contribution in [3.05, 3.63) is 57.7 Å². The van der Waals surface area contributed by atoms with Gasteiger partial charge in [0.1, 0.15) is 5.58 Å². The van der Waals surface area contributed by atoms with Gasteiger partial charge in [0.15, 0.2) is 0 Å². The Morgan fingerprint density at radius 3 is 3.00 bits per heavy atom. The van der Waals surface area contributed by atoms with Crippen molar-refractivity contribution < 1.29 is 9.52 Å². The van der Waals surface area contributed by atoms with Crippen LogP contribution in [0.2, 0.25) is 0 Å². The van der Waals surface area contributed by atoms with Crippen molar-refractivity contribution in [3.63, 3.8) is 0 Å². The van der Waals surface area contributed by atoms with E-state index in [-0.39, 0.29) is 12.2 Å². The van der Waals surface area contributed by atoms with Gasteiger partial charge in [-0.25, -0.2) is 9.48 Å². The Kier molecular flexibility index (Phi) is 3.53. The Labute approximate surface area is 120 Å². The average Bonchev–Trinajstić information content (AvgIpc) is 2.85. The Hall–Kier alpha value is -2.47. The fraction of sp³-hybridized carbons (Fsp3) is 0.267. The van der Waals surface area contributed by atoms with Gasteiger partial charge in [-0.05, 0) is 24.1 Å². The number of aliphatic hydroxyl groups is 1. The molecule has 2 heterocycles. The molecule has 2 aromatic heterocycles. The van der Waals surface area contributed by atoms with Gasteiger partial charge in [0.25, 0.3) is 0 Å². The van der Waals surface area contributed by atoms with Gasteiger partial charge in [0.2, 0.25) is 0 Å². The fourth-order valence-electron chi connectivity index (χ4n) is 2.29. The molecular weight excluding hydrogens is 270 g/mol. The number of aryl methyl sites for hydroxylation is 1. The van der Waals surface area contributed by atoms with E-state index in [9.17, 15) is 4.79 Å². The van der Waals surface area contributed by atoms with Crippen LogP contribution in [-0.4, -0.2) is 26.7 Å². The van der Waals surface area contributed by atoms with Gasteiger partial charge < -0.3 is 9.52 Å². The Morgan fingerprint density at radius 1 is 1.33 bits per heavy atom. The van der Waals surface area contributed by atoms with Crippen LogP contribution in [0.1, 0.15) is 16.8 Å². The maximum atomic E-state index is 11.7. The number of nitrogens with zero attached hydrogens (tertiary/aromatic N) is 3. The summed E-state index contributed by atoms with van der Waals surface area (Å²) in [6, 6.07) is 7.24. The molecule has 1 N–H and O–H groups in total. The highest BCUT2D eigenvalue weighted by Gasteiger charge is 2.08. The van der Waals surface area contributed by atoms with E-state index in [0.29, 0.717) is 18.5 Å². The summed E-state index contributed by atoms with van der Waals surface area (Å²) in [4.78, 5) is 11.7. The van der Waals surface area contributed by atoms with Gasteiger partial charge in [-0.1, -0.05) is 17.3 Å². The molecule has 1 aromatic carbocycles. The second kappa shape index (κ2) is 5.49. The van der Waals surface area contributed by atoms with Crippen molar-refractivity contribution in [2.24, 2.45) is 0 Å². The number of benzene rings is 1. The van der Waals surface area contributed by atoms with E-state index < -0.39 is 0 Å². The number of aromatic nitrogens is 3. The summed E-state index contributed by atoms with van der Waals surface area (Å²) < 4.78 is 6.88. The molecule has 0 saturated heterocycles. The fourth-order valence-corrected chi connectivity index (χ4v) is 2.29. The third-order valence-electron chi connectivity index (χ3n) is 3.27. The molecule has 0 spiro atoms. The van der Waals surface area contributed by atoms with Crippen LogP contribution in [0, 0.1) is 6.92 Å². The molecule has 0 bridgehead atoms. The van der Waals surface area contributed by atoms with Crippen LogP contribution >= 0.6 is 0 Å². The van der Waals surface area contributed by atoms with Crippen LogP contribution in [0.15, 0.2) is 39.7 Å². The normalized spacial score (nSPS) is 11.1. The lowest BCUT2D eigenvalue weighted by atomic mass is 10.1. The van der Waals surface area contributed by atoms with Crippen LogP contribution in [0.4, 0.5) is 0 Å². The molecule has 0 radical (unpaired) electrons. The van der Waals surface area contributed by atoms with Crippen molar-refractivity contribution >= 4 is 11.0 Å². The van der Waals surface area contributed by atoms with E-state index in [1.54, 1.807) is 10.9 Å². The van der Waals surface area contributed by atoms with Crippen LogP contribution in [-0.2, 0) is 13.0 Å². The average molecular weight is 285 g/mol. The smallest absolute Gasteiger partial charge is 0.336 e. The molecule has 0 atom stereocenters. The standard InChI is InChI=1S/C15H15N3O3/c1-10-2-3-13-11(7-15(20)21-14(13)6-10)8-18-9-12(4-5-19)16-17-18/h2-3,6-7,9,19H,4-5,8H2,1H3. The molecule has 0 fully saturated rings. The third kappa shape index (κ3) is 2.85. The first-order chi connectivity index (χ1) is 10.2. The summed E-state index contributed by atoms with van der Waals surface area (Å²) in [5, 5.41) is 17.8. The van der Waals surface area contributed by atoms with E-state index in [4.69, 9.17) is 9.52 Å². The molecule has 108 valence electrons. The van der Waals surface area contributed by atoms with Crippen LogP contribution in [0.25, 0.3) is 11.0 Å². The lowest BCUT2D eigenvalue weighted by Gasteiger charge is -2.05. The molecule has 21 heavy (non-hydrogen) atoms. The van der Waals surface area contributed by atoms with Crippen molar-refractivity contribution in [2.45, 2.75) is 19.9 Å². The summed E-state index contributed by atoms with van der Waals surface area (Å²) in [5.74, 6) is 0. The second-order valence-corrected chi connectivity index (χ2v) is 4.97. The number of hydrogen-bond donors (Lipinski definition) is 1. The Morgan fingerprint density at radius 2 is 2.19 bits per heavy atom. The molecule has 6 nitrogen and oxygen atoms in total. The summed E-state index contributed by atoms with van der Waals surface area (Å²) in [7, 11) is 0. The Bertz CT molecular complexity index is 836. The number of rotatable bonds is 4. The molecule has 3 aromatic rings. The van der Waals surface area contributed by atoms with E-state index in [1.165, 1.54) is 6.07 Å². The van der Waals surface area contributed by atoms with Crippen LogP contribution < -0.4 is 5.63 Å². The minimum Gasteiger partial charge on any atom is -0.423 e. The molecular formula is C15H15N3O3. The van der Waals surface area contributed by atoms with Gasteiger partial charge in [-0.3, -0.25) is 0 Å². The van der Waals surface area contributed by atoms with Gasteiger partial charge in [-0.15, -0.1) is 5.10 Å². The zero-order valence-electron chi connectivity index (χ0n) is 11.6. The highest BCUT2D eigenvalue weighted by atomic mass is 16.4. The van der Waals surface area contributed by atoms with Gasteiger partial charge >= 0.3 is 5.63 Å². The predicted octanol–water partition coefficient (Wildman–Crippen LogP) is 1.28. The number of hydrogen-bond acceptors (Lipinski definition) is 5. The van der Waals surface area contributed by atoms with Crippen molar-refractivity contribution in [3.8, 4) is 0 Å². The zero-order chi connectivity index (χ0) is 14.8. The van der Waals surface area contributed by atoms with Gasteiger partial charge in [0.05, 0.1) is 12.2 Å². The second-order valence-electron chi connectivity index (χ2n) is 4.97. The quantitative estimate of drug-likeness (QED) is 0.730. The first kappa shape index (κ1) is 13.5. The van der Waals surface area contributed by atoms with Crippen molar-refractivity contribution in [1.82, 2.24) is 15.0 Å². The molecule has 0 unspecified atom stereocenters. The summed E-state index contributed by atoms with van der Waals surface area (Å²) in [5.41, 5.74) is 2.79. The largest absolute Gasteiger partial charge is 0.423 e. The number of fused-ring (bicyclic) bond motifs is 1. The Balaban J connectivity index is 2.01. The minimum atomic E-state index is -0.376. The molecule has 6 heteroatoms. The van der Waals surface area contributed by atoms with Gasteiger partial charge in [0, 0.05) is 30.7 Å². The SMILES string of the molecule is Cc1ccc2c(Cn3cc(CCO)nn3)cc(=O)oc2c1. The molecule has 0 saturated carbocycles. The summed E-state index contributed by atoms with van der Waals surface area (Å²) in [6.07, 6.45) is 2.24. The zero-order valence-corrected chi connectivity index (χ0v) is 11.6. The monoisotopic (exact) mass is 285 g/mol. The maximum absolute atomic E-state index is 11.7. The molecule has 0 aliphatic carbocycles. The van der Waals surface area contributed by atoms with Gasteiger partial charge in [-0.2, -0.15) is 0 Å². The molecule has 0 amide bonds. The lowest BCUT2D eigenvalue weighted by molar-refractivity contribution is 0.298. The highest BCUT2D eigenvalue weighted by molar-refractivity contribution is 5.80. The van der Waals surface area contributed by atoms with Crippen molar-refractivity contribution in [2.75, 3.05) is 6.61 Å². The van der Waals surface area contributed by atoms with E-state index >= 15 is 0 Å². The maximum Gasteiger partial charge on any atom is 0.336 e.